The van der Waals surface area contributed by atoms with Crippen LogP contribution in [0.4, 0.5) is 4.79 Å². The maximum absolute atomic E-state index is 12.7. The van der Waals surface area contributed by atoms with Crippen molar-refractivity contribution in [3.8, 4) is 11.1 Å². The lowest BCUT2D eigenvalue weighted by Crippen LogP contribution is -2.51. The monoisotopic (exact) mass is 448 g/mol. The van der Waals surface area contributed by atoms with Gasteiger partial charge in [0.2, 0.25) is 5.91 Å². The summed E-state index contributed by atoms with van der Waals surface area (Å²) in [5.41, 5.74) is 4.48. The molecule has 3 N–H and O–H groups in total. The van der Waals surface area contributed by atoms with Gasteiger partial charge in [-0.1, -0.05) is 67.4 Å². The molecule has 0 heterocycles. The van der Waals surface area contributed by atoms with Gasteiger partial charge >= 0.3 is 12.1 Å². The van der Waals surface area contributed by atoms with E-state index >= 15 is 0 Å². The van der Waals surface area contributed by atoms with Crippen molar-refractivity contribution in [1.82, 2.24) is 10.6 Å². The van der Waals surface area contributed by atoms with Crippen molar-refractivity contribution in [3.63, 3.8) is 0 Å². The molecule has 2 unspecified atom stereocenters. The fraction of sp³-hybridized carbons (Fsp3) is 0.346. The van der Waals surface area contributed by atoms with Crippen molar-refractivity contribution >= 4 is 18.0 Å². The van der Waals surface area contributed by atoms with Gasteiger partial charge in [0, 0.05) is 5.92 Å². The number of carboxylic acids is 1. The van der Waals surface area contributed by atoms with Gasteiger partial charge in [0.1, 0.15) is 18.7 Å². The van der Waals surface area contributed by atoms with Gasteiger partial charge < -0.3 is 20.5 Å². The Labute approximate surface area is 192 Å². The van der Waals surface area contributed by atoms with E-state index in [2.05, 4.69) is 29.3 Å². The van der Waals surface area contributed by atoms with Crippen LogP contribution in [0.5, 0.6) is 0 Å². The summed E-state index contributed by atoms with van der Waals surface area (Å²) in [5.74, 6) is -1.40. The molecule has 1 saturated carbocycles. The smallest absolute Gasteiger partial charge is 0.407 e. The van der Waals surface area contributed by atoms with Crippen LogP contribution in [-0.2, 0) is 14.3 Å². The second-order valence-corrected chi connectivity index (χ2v) is 8.63. The molecule has 172 valence electrons. The maximum atomic E-state index is 12.7. The Bertz CT molecular complexity index is 1020. The molecule has 0 radical (unpaired) electrons. The number of carboxylic acid groups (broad SMARTS) is 1. The van der Waals surface area contributed by atoms with Crippen LogP contribution in [0, 0.1) is 5.92 Å². The highest BCUT2D eigenvalue weighted by atomic mass is 16.5. The molecule has 2 amide bonds. The summed E-state index contributed by atoms with van der Waals surface area (Å²) < 4.78 is 5.56. The van der Waals surface area contributed by atoms with Crippen molar-refractivity contribution in [2.75, 3.05) is 6.61 Å². The number of amides is 2. The van der Waals surface area contributed by atoms with Gasteiger partial charge in [-0.3, -0.25) is 4.79 Å². The normalized spacial score (nSPS) is 16.1. The number of carbonyl (C=O) groups is 3. The first kappa shape index (κ1) is 22.6. The Morgan fingerprint density at radius 3 is 2.15 bits per heavy atom. The second kappa shape index (κ2) is 9.90. The average Bonchev–Trinajstić information content (AvgIpc) is 3.57. The van der Waals surface area contributed by atoms with Crippen LogP contribution in [0.1, 0.15) is 42.7 Å². The lowest BCUT2D eigenvalue weighted by Gasteiger charge is -2.21. The molecular formula is C26H28N2O5. The van der Waals surface area contributed by atoms with Crippen LogP contribution in [0.3, 0.4) is 0 Å². The Kier molecular flexibility index (Phi) is 6.77. The minimum absolute atomic E-state index is 0.0807. The largest absolute Gasteiger partial charge is 0.480 e. The predicted octanol–water partition coefficient (Wildman–Crippen LogP) is 3.84. The van der Waals surface area contributed by atoms with Crippen LogP contribution in [-0.4, -0.2) is 41.8 Å². The van der Waals surface area contributed by atoms with Crippen molar-refractivity contribution in [2.45, 2.75) is 43.7 Å². The molecule has 7 heteroatoms. The third kappa shape index (κ3) is 5.25. The Hall–Kier alpha value is -3.61. The molecule has 0 spiro atoms. The van der Waals surface area contributed by atoms with E-state index < -0.39 is 30.1 Å². The Balaban J connectivity index is 1.40. The second-order valence-electron chi connectivity index (χ2n) is 8.63. The van der Waals surface area contributed by atoms with Gasteiger partial charge in [-0.15, -0.1) is 6.58 Å². The number of nitrogens with one attached hydrogen (secondary N) is 2. The summed E-state index contributed by atoms with van der Waals surface area (Å²) in [7, 11) is 0. The van der Waals surface area contributed by atoms with Crippen molar-refractivity contribution < 1.29 is 24.2 Å². The number of hydrogen-bond donors (Lipinski definition) is 3. The molecule has 2 aromatic rings. The number of fused-ring (bicyclic) bond motifs is 3. The molecule has 0 bridgehead atoms. The summed E-state index contributed by atoms with van der Waals surface area (Å²) in [6.45, 7) is 3.68. The summed E-state index contributed by atoms with van der Waals surface area (Å²) in [6.07, 6.45) is 3.29. The molecular weight excluding hydrogens is 420 g/mol. The Morgan fingerprint density at radius 1 is 1.00 bits per heavy atom. The lowest BCUT2D eigenvalue weighted by molar-refractivity contribution is -0.142. The zero-order valence-electron chi connectivity index (χ0n) is 18.3. The standard InChI is InChI=1S/C26H28N2O5/c1-2-7-22(25(30)31)27-24(29)23(14-16-12-13-16)28-26(32)33-15-21-19-10-5-3-8-17(19)18-9-4-6-11-20(18)21/h2-6,8-11,16,21-23H,1,7,12-15H2,(H,27,29)(H,28,32)(H,30,31). The Morgan fingerprint density at radius 2 is 1.61 bits per heavy atom. The molecule has 0 aliphatic heterocycles. The third-order valence-corrected chi connectivity index (χ3v) is 6.24. The third-order valence-electron chi connectivity index (χ3n) is 6.24. The first-order valence-corrected chi connectivity index (χ1v) is 11.2. The number of benzene rings is 2. The van der Waals surface area contributed by atoms with E-state index in [1.54, 1.807) is 0 Å². The molecule has 2 aromatic carbocycles. The predicted molar refractivity (Wildman–Crippen MR) is 124 cm³/mol. The molecule has 4 rings (SSSR count). The molecule has 0 saturated heterocycles. The minimum atomic E-state index is -1.14. The van der Waals surface area contributed by atoms with Crippen LogP contribution >= 0.6 is 0 Å². The van der Waals surface area contributed by atoms with Crippen LogP contribution in [0.15, 0.2) is 61.2 Å². The number of hydrogen-bond acceptors (Lipinski definition) is 4. The summed E-state index contributed by atoms with van der Waals surface area (Å²) in [4.78, 5) is 36.8. The molecule has 2 atom stereocenters. The van der Waals surface area contributed by atoms with Gasteiger partial charge in [-0.2, -0.15) is 0 Å². The van der Waals surface area contributed by atoms with E-state index in [0.29, 0.717) is 12.3 Å². The van der Waals surface area contributed by atoms with Gasteiger partial charge in [0.05, 0.1) is 0 Å². The fourth-order valence-corrected chi connectivity index (χ4v) is 4.36. The summed E-state index contributed by atoms with van der Waals surface area (Å²) in [5, 5.41) is 14.5. The highest BCUT2D eigenvalue weighted by molar-refractivity contribution is 5.89. The molecule has 7 nitrogen and oxygen atoms in total. The summed E-state index contributed by atoms with van der Waals surface area (Å²) in [6, 6.07) is 14.2. The lowest BCUT2D eigenvalue weighted by atomic mass is 9.98. The van der Waals surface area contributed by atoms with Crippen LogP contribution in [0.2, 0.25) is 0 Å². The molecule has 33 heavy (non-hydrogen) atoms. The number of rotatable bonds is 10. The maximum Gasteiger partial charge on any atom is 0.407 e. The molecule has 2 aliphatic rings. The SMILES string of the molecule is C=CCC(NC(=O)C(CC1CC1)NC(=O)OCC1c2ccccc2-c2ccccc21)C(=O)O. The van der Waals surface area contributed by atoms with E-state index in [9.17, 15) is 19.5 Å². The average molecular weight is 449 g/mol. The highest BCUT2D eigenvalue weighted by Crippen LogP contribution is 2.44. The van der Waals surface area contributed by atoms with E-state index in [4.69, 9.17) is 4.74 Å². The zero-order valence-corrected chi connectivity index (χ0v) is 18.3. The van der Waals surface area contributed by atoms with E-state index in [1.165, 1.54) is 6.08 Å². The first-order chi connectivity index (χ1) is 16.0. The van der Waals surface area contributed by atoms with E-state index in [1.807, 2.05) is 36.4 Å². The van der Waals surface area contributed by atoms with E-state index in [-0.39, 0.29) is 18.9 Å². The quantitative estimate of drug-likeness (QED) is 0.479. The van der Waals surface area contributed by atoms with Crippen molar-refractivity contribution in [3.05, 3.63) is 72.3 Å². The number of carbonyl (C=O) groups excluding carboxylic acids is 2. The fourth-order valence-electron chi connectivity index (χ4n) is 4.36. The van der Waals surface area contributed by atoms with Crippen molar-refractivity contribution in [2.24, 2.45) is 5.92 Å². The van der Waals surface area contributed by atoms with Crippen molar-refractivity contribution in [1.29, 1.82) is 0 Å². The van der Waals surface area contributed by atoms with Crippen LogP contribution < -0.4 is 10.6 Å². The number of ether oxygens (including phenoxy) is 1. The highest BCUT2D eigenvalue weighted by Gasteiger charge is 2.33. The molecule has 2 aliphatic carbocycles. The van der Waals surface area contributed by atoms with Gasteiger partial charge in [0.15, 0.2) is 0 Å². The van der Waals surface area contributed by atoms with Gasteiger partial charge in [-0.25, -0.2) is 9.59 Å². The minimum Gasteiger partial charge on any atom is -0.480 e. The number of alkyl carbamates (subject to hydrolysis) is 1. The van der Waals surface area contributed by atoms with Gasteiger partial charge in [-0.05, 0) is 41.0 Å². The zero-order chi connectivity index (χ0) is 23.4. The summed E-state index contributed by atoms with van der Waals surface area (Å²) >= 11 is 0. The van der Waals surface area contributed by atoms with E-state index in [0.717, 1.165) is 35.1 Å². The molecule has 0 aromatic heterocycles. The van der Waals surface area contributed by atoms with Crippen LogP contribution in [0.25, 0.3) is 11.1 Å². The molecule has 1 fully saturated rings. The first-order valence-electron chi connectivity index (χ1n) is 11.2. The topological polar surface area (TPSA) is 105 Å². The number of aliphatic carboxylic acids is 1. The van der Waals surface area contributed by atoms with Gasteiger partial charge in [0.25, 0.3) is 0 Å².